The Bertz CT molecular complexity index is 1460. The number of hydrogen-bond donors (Lipinski definition) is 8. The highest BCUT2D eigenvalue weighted by atomic mass is 16.7. The molecule has 0 saturated carbocycles. The molecule has 1 aliphatic heterocycles. The van der Waals surface area contributed by atoms with E-state index in [9.17, 15) is 50.4 Å². The number of carbonyl (C=O) groups excluding carboxylic acids is 1. The smallest absolute Gasteiger partial charge is 0.308 e. The minimum Gasteiger partial charge on any atom is -0.504 e. The molecule has 2 unspecified atom stereocenters. The van der Waals surface area contributed by atoms with Gasteiger partial charge in [0.1, 0.15) is 42.0 Å². The Morgan fingerprint density at radius 1 is 0.923 bits per heavy atom. The van der Waals surface area contributed by atoms with E-state index in [4.69, 9.17) is 18.6 Å². The zero-order chi connectivity index (χ0) is 28.8. The van der Waals surface area contributed by atoms with E-state index in [0.29, 0.717) is 0 Å². The van der Waals surface area contributed by atoms with E-state index in [1.807, 2.05) is 0 Å². The quantitative estimate of drug-likeness (QED) is 0.153. The van der Waals surface area contributed by atoms with Crippen LogP contribution in [-0.2, 0) is 14.3 Å². The van der Waals surface area contributed by atoms with Gasteiger partial charge in [0.25, 0.3) is 0 Å². The molecular formula is C25H26O14. The Kier molecular flexibility index (Phi) is 7.48. The maximum absolute atomic E-state index is 12.8. The Morgan fingerprint density at radius 2 is 1.62 bits per heavy atom. The number of aliphatic hydroxyl groups is 3. The number of esters is 1. The highest BCUT2D eigenvalue weighted by molar-refractivity contribution is 5.91. The molecule has 3 aromatic rings. The maximum atomic E-state index is 12.8. The van der Waals surface area contributed by atoms with Gasteiger partial charge in [0, 0.05) is 11.6 Å². The van der Waals surface area contributed by atoms with E-state index in [1.54, 1.807) is 13.8 Å². The van der Waals surface area contributed by atoms with E-state index in [2.05, 4.69) is 0 Å². The minimum absolute atomic E-state index is 0.0289. The number of phenols is 4. The summed E-state index contributed by atoms with van der Waals surface area (Å²) in [5, 5.41) is 80.9. The van der Waals surface area contributed by atoms with E-state index in [1.165, 1.54) is 6.07 Å². The van der Waals surface area contributed by atoms with Crippen LogP contribution >= 0.6 is 0 Å². The topological polar surface area (TPSA) is 237 Å². The molecular weight excluding hydrogens is 524 g/mol. The molecule has 14 nitrogen and oxygen atoms in total. The summed E-state index contributed by atoms with van der Waals surface area (Å²) >= 11 is 0. The fourth-order valence-electron chi connectivity index (χ4n) is 3.85. The predicted molar refractivity (Wildman–Crippen MR) is 129 cm³/mol. The van der Waals surface area contributed by atoms with Gasteiger partial charge in [-0.1, -0.05) is 13.8 Å². The monoisotopic (exact) mass is 550 g/mol. The number of phenolic OH excluding ortho intramolecular Hbond substituents is 4. The summed E-state index contributed by atoms with van der Waals surface area (Å²) in [6.07, 6.45) is -8.51. The van der Waals surface area contributed by atoms with Crippen molar-refractivity contribution in [3.63, 3.8) is 0 Å². The van der Waals surface area contributed by atoms with Crippen LogP contribution in [0.3, 0.4) is 0 Å². The van der Waals surface area contributed by atoms with Gasteiger partial charge in [0.05, 0.1) is 5.92 Å². The van der Waals surface area contributed by atoms with Crippen LogP contribution in [0, 0.1) is 5.92 Å². The Labute approximate surface area is 219 Å². The lowest BCUT2D eigenvalue weighted by Crippen LogP contribution is -2.60. The van der Waals surface area contributed by atoms with Crippen molar-refractivity contribution in [2.75, 3.05) is 6.61 Å². The summed E-state index contributed by atoms with van der Waals surface area (Å²) in [5.41, 5.74) is -1.60. The first-order valence-electron chi connectivity index (χ1n) is 11.6. The number of carbonyl (C=O) groups is 1. The predicted octanol–water partition coefficient (Wildman–Crippen LogP) is 0.374. The van der Waals surface area contributed by atoms with Crippen molar-refractivity contribution < 1.29 is 64.3 Å². The van der Waals surface area contributed by atoms with E-state index in [0.717, 1.165) is 18.2 Å². The number of aromatic hydroxyl groups is 5. The lowest BCUT2D eigenvalue weighted by atomic mass is 9.99. The average Bonchev–Trinajstić information content (AvgIpc) is 2.89. The third kappa shape index (κ3) is 5.09. The van der Waals surface area contributed by atoms with Crippen LogP contribution in [0.5, 0.6) is 34.5 Å². The minimum atomic E-state index is -1.88. The molecule has 1 aliphatic rings. The molecule has 1 fully saturated rings. The molecule has 5 atom stereocenters. The molecule has 1 aromatic heterocycles. The zero-order valence-corrected chi connectivity index (χ0v) is 20.5. The molecule has 8 N–H and O–H groups in total. The van der Waals surface area contributed by atoms with Gasteiger partial charge in [0.15, 0.2) is 28.8 Å². The molecule has 0 spiro atoms. The second-order valence-electron chi connectivity index (χ2n) is 9.17. The van der Waals surface area contributed by atoms with Gasteiger partial charge in [-0.3, -0.25) is 9.59 Å². The fraction of sp³-hybridized carbons (Fsp3) is 0.360. The summed E-state index contributed by atoms with van der Waals surface area (Å²) in [7, 11) is 0. The highest BCUT2D eigenvalue weighted by Crippen LogP contribution is 2.44. The Hall–Kier alpha value is -4.24. The second-order valence-corrected chi connectivity index (χ2v) is 9.17. The molecule has 2 heterocycles. The molecule has 0 radical (unpaired) electrons. The molecule has 210 valence electrons. The first kappa shape index (κ1) is 27.8. The molecule has 2 aromatic carbocycles. The molecule has 4 rings (SSSR count). The number of hydrogen-bond acceptors (Lipinski definition) is 14. The van der Waals surface area contributed by atoms with Crippen molar-refractivity contribution in [1.82, 2.24) is 0 Å². The third-order valence-corrected chi connectivity index (χ3v) is 6.08. The summed E-state index contributed by atoms with van der Waals surface area (Å²) in [6, 6.07) is 4.23. The normalized spacial score (nSPS) is 23.2. The van der Waals surface area contributed by atoms with Crippen molar-refractivity contribution in [3.8, 4) is 45.8 Å². The number of benzene rings is 2. The maximum Gasteiger partial charge on any atom is 0.308 e. The lowest BCUT2D eigenvalue weighted by Gasteiger charge is -2.40. The lowest BCUT2D eigenvalue weighted by molar-refractivity contribution is -0.279. The SMILES string of the molecule is CC(C)C(=O)OCC1O[C@@H](Oc2cc3oc(-c4ccc(O)c(O)c4)c(O)c(=O)c3c(O)c2O)C(O)[C@@H](O)[C@@H]1O. The van der Waals surface area contributed by atoms with Crippen LogP contribution in [0.25, 0.3) is 22.3 Å². The van der Waals surface area contributed by atoms with Gasteiger partial charge in [0.2, 0.25) is 23.2 Å². The summed E-state index contributed by atoms with van der Waals surface area (Å²) in [5.74, 6) is -6.26. The van der Waals surface area contributed by atoms with Crippen LogP contribution in [-0.4, -0.2) is 84.1 Å². The molecule has 1 saturated heterocycles. The van der Waals surface area contributed by atoms with Crippen molar-refractivity contribution >= 4 is 16.9 Å². The second kappa shape index (κ2) is 10.5. The summed E-state index contributed by atoms with van der Waals surface area (Å²) < 4.78 is 21.5. The number of ether oxygens (including phenoxy) is 3. The molecule has 0 bridgehead atoms. The van der Waals surface area contributed by atoms with Gasteiger partial charge in [-0.15, -0.1) is 0 Å². The summed E-state index contributed by atoms with van der Waals surface area (Å²) in [4.78, 5) is 24.6. The highest BCUT2D eigenvalue weighted by Gasteiger charge is 2.46. The first-order chi connectivity index (χ1) is 18.3. The van der Waals surface area contributed by atoms with E-state index >= 15 is 0 Å². The van der Waals surface area contributed by atoms with E-state index < -0.39 is 106 Å². The van der Waals surface area contributed by atoms with Crippen LogP contribution in [0.2, 0.25) is 0 Å². The standard InChI is InChI=1S/C25H26O14/c1-8(2)24(35)36-7-14-17(29)20(32)22(34)25(39-14)38-13-6-12-15(18(30)16(13)28)19(31)21(33)23(37-12)9-3-4-10(26)11(27)5-9/h3-6,8,14,17,20,22,25-30,32-34H,7H2,1-2H3/t14?,17-,20+,22?,25-/m1/s1. The largest absolute Gasteiger partial charge is 0.504 e. The van der Waals surface area contributed by atoms with Gasteiger partial charge in [-0.2, -0.15) is 0 Å². The third-order valence-electron chi connectivity index (χ3n) is 6.08. The number of rotatable bonds is 6. The van der Waals surface area contributed by atoms with Crippen LogP contribution in [0.15, 0.2) is 33.5 Å². The Morgan fingerprint density at radius 3 is 2.26 bits per heavy atom. The van der Waals surface area contributed by atoms with Crippen LogP contribution in [0.1, 0.15) is 13.8 Å². The average molecular weight is 550 g/mol. The van der Waals surface area contributed by atoms with Crippen molar-refractivity contribution in [3.05, 3.63) is 34.5 Å². The zero-order valence-electron chi connectivity index (χ0n) is 20.5. The van der Waals surface area contributed by atoms with Crippen molar-refractivity contribution in [2.45, 2.75) is 44.6 Å². The van der Waals surface area contributed by atoms with E-state index in [-0.39, 0.29) is 5.56 Å². The first-order valence-corrected chi connectivity index (χ1v) is 11.6. The van der Waals surface area contributed by atoms with Crippen molar-refractivity contribution in [1.29, 1.82) is 0 Å². The van der Waals surface area contributed by atoms with Gasteiger partial charge < -0.3 is 59.5 Å². The number of fused-ring (bicyclic) bond motifs is 1. The molecule has 0 aliphatic carbocycles. The molecule has 39 heavy (non-hydrogen) atoms. The molecule has 0 amide bonds. The van der Waals surface area contributed by atoms with Gasteiger partial charge in [-0.25, -0.2) is 0 Å². The fourth-order valence-corrected chi connectivity index (χ4v) is 3.85. The van der Waals surface area contributed by atoms with Gasteiger partial charge >= 0.3 is 5.97 Å². The van der Waals surface area contributed by atoms with Crippen LogP contribution in [0.4, 0.5) is 0 Å². The molecule has 14 heteroatoms. The number of aliphatic hydroxyl groups excluding tert-OH is 3. The van der Waals surface area contributed by atoms with Crippen LogP contribution < -0.4 is 10.2 Å². The Balaban J connectivity index is 1.71. The van der Waals surface area contributed by atoms with Crippen molar-refractivity contribution in [2.24, 2.45) is 5.92 Å². The summed E-state index contributed by atoms with van der Waals surface area (Å²) in [6.45, 7) is 2.65. The van der Waals surface area contributed by atoms with Gasteiger partial charge in [-0.05, 0) is 18.2 Å².